The number of nitrogens with one attached hydrogen (secondary N) is 1. The first-order valence-electron chi connectivity index (χ1n) is 7.20. The number of carbonyl (C=O) groups is 1. The molecule has 1 aliphatic rings. The van der Waals surface area contributed by atoms with E-state index in [1.807, 2.05) is 0 Å². The van der Waals surface area contributed by atoms with Crippen LogP contribution in [-0.4, -0.2) is 36.3 Å². The van der Waals surface area contributed by atoms with Crippen molar-refractivity contribution in [3.8, 4) is 0 Å². The first-order valence-corrected chi connectivity index (χ1v) is 8.08. The highest BCUT2D eigenvalue weighted by Crippen LogP contribution is 2.37. The van der Waals surface area contributed by atoms with Crippen molar-refractivity contribution in [3.63, 3.8) is 0 Å². The highest BCUT2D eigenvalue weighted by molar-refractivity contribution is 8.04. The molecule has 1 aromatic rings. The molecule has 1 unspecified atom stereocenters. The number of nitrogens with two attached hydrogens (primary N) is 1. The second kappa shape index (κ2) is 8.09. The van der Waals surface area contributed by atoms with E-state index in [4.69, 9.17) is 10.5 Å². The van der Waals surface area contributed by atoms with Crippen LogP contribution in [-0.2, 0) is 4.74 Å². The third-order valence-electron chi connectivity index (χ3n) is 3.41. The van der Waals surface area contributed by atoms with Crippen LogP contribution in [0.4, 0.5) is 5.69 Å². The summed E-state index contributed by atoms with van der Waals surface area (Å²) in [5, 5.41) is 14.4. The molecule has 0 radical (unpaired) electrons. The molecule has 0 saturated carbocycles. The summed E-state index contributed by atoms with van der Waals surface area (Å²) in [7, 11) is 1.65. The predicted octanol–water partition coefficient (Wildman–Crippen LogP) is 2.04. The number of nitrogens with zero attached hydrogens (tertiary/aromatic N) is 1. The van der Waals surface area contributed by atoms with E-state index < -0.39 is 4.92 Å². The fraction of sp³-hybridized carbons (Fsp3) is 0.400. The fourth-order valence-corrected chi connectivity index (χ4v) is 3.49. The molecule has 8 heteroatoms. The molecule has 0 fully saturated rings. The summed E-state index contributed by atoms with van der Waals surface area (Å²) >= 11 is 1.33. The Bertz CT molecular complexity index is 633. The molecular weight excluding hydrogens is 318 g/mol. The van der Waals surface area contributed by atoms with Crippen LogP contribution in [0.25, 0.3) is 0 Å². The molecule has 0 saturated heterocycles. The topological polar surface area (TPSA) is 107 Å². The predicted molar refractivity (Wildman–Crippen MR) is 89.1 cm³/mol. The maximum atomic E-state index is 12.6. The molecule has 1 heterocycles. The van der Waals surface area contributed by atoms with Crippen molar-refractivity contribution in [2.45, 2.75) is 18.2 Å². The van der Waals surface area contributed by atoms with Gasteiger partial charge in [-0.05, 0) is 19.0 Å². The number of nitro benzene ring substituents is 1. The molecule has 0 spiro atoms. The van der Waals surface area contributed by atoms with Crippen LogP contribution < -0.4 is 11.1 Å². The Morgan fingerprint density at radius 1 is 1.52 bits per heavy atom. The minimum absolute atomic E-state index is 0.00794. The molecule has 1 atom stereocenters. The molecular formula is C15H19N3O4S. The lowest BCUT2D eigenvalue weighted by Crippen LogP contribution is -2.26. The number of ketones is 1. The van der Waals surface area contributed by atoms with Gasteiger partial charge in [-0.1, -0.05) is 12.1 Å². The van der Waals surface area contributed by atoms with Gasteiger partial charge in [-0.15, -0.1) is 11.8 Å². The molecule has 3 N–H and O–H groups in total. The standard InChI is InChI=1S/C15H19N3O4S/c1-22-8-4-7-17-13-9-11(16)15(23-13)14(19)10-5-2-3-6-12(10)18(20)21/h2-3,5-6,13,17H,4,7-9,16H2,1H3. The van der Waals surface area contributed by atoms with Crippen LogP contribution in [0.2, 0.25) is 0 Å². The Morgan fingerprint density at radius 3 is 2.96 bits per heavy atom. The van der Waals surface area contributed by atoms with Crippen LogP contribution in [0.3, 0.4) is 0 Å². The number of nitro groups is 1. The molecule has 0 aliphatic carbocycles. The lowest BCUT2D eigenvalue weighted by Gasteiger charge is -2.11. The van der Waals surface area contributed by atoms with Gasteiger partial charge in [0.25, 0.3) is 5.69 Å². The van der Waals surface area contributed by atoms with E-state index >= 15 is 0 Å². The van der Waals surface area contributed by atoms with Gasteiger partial charge in [0.15, 0.2) is 0 Å². The zero-order chi connectivity index (χ0) is 16.8. The number of methoxy groups -OCH3 is 1. The second-order valence-electron chi connectivity index (χ2n) is 5.07. The van der Waals surface area contributed by atoms with Gasteiger partial charge in [-0.25, -0.2) is 0 Å². The van der Waals surface area contributed by atoms with Gasteiger partial charge in [0, 0.05) is 31.9 Å². The summed E-state index contributed by atoms with van der Waals surface area (Å²) in [6, 6.07) is 5.93. The summed E-state index contributed by atoms with van der Waals surface area (Å²) in [6.07, 6.45) is 1.40. The summed E-state index contributed by atoms with van der Waals surface area (Å²) in [4.78, 5) is 23.5. The number of Topliss-reactive ketones (excluding diaryl/α,β-unsaturated/α-hetero) is 1. The molecule has 1 aliphatic heterocycles. The first-order chi connectivity index (χ1) is 11.0. The van der Waals surface area contributed by atoms with Gasteiger partial charge in [0.2, 0.25) is 5.78 Å². The number of thioether (sulfide) groups is 1. The summed E-state index contributed by atoms with van der Waals surface area (Å²) < 4.78 is 4.98. The van der Waals surface area contributed by atoms with Crippen molar-refractivity contribution in [2.75, 3.05) is 20.3 Å². The molecule has 2 rings (SSSR count). The van der Waals surface area contributed by atoms with Crippen LogP contribution in [0.15, 0.2) is 34.9 Å². The lowest BCUT2D eigenvalue weighted by atomic mass is 10.1. The van der Waals surface area contributed by atoms with E-state index in [1.54, 1.807) is 13.2 Å². The highest BCUT2D eigenvalue weighted by atomic mass is 32.2. The molecule has 7 nitrogen and oxygen atoms in total. The Balaban J connectivity index is 2.06. The molecule has 0 aromatic heterocycles. The van der Waals surface area contributed by atoms with Crippen LogP contribution in [0.1, 0.15) is 23.2 Å². The van der Waals surface area contributed by atoms with Crippen molar-refractivity contribution in [2.24, 2.45) is 5.73 Å². The third kappa shape index (κ3) is 4.31. The smallest absolute Gasteiger partial charge is 0.280 e. The van der Waals surface area contributed by atoms with Crippen molar-refractivity contribution in [1.29, 1.82) is 0 Å². The van der Waals surface area contributed by atoms with Gasteiger partial charge >= 0.3 is 0 Å². The summed E-state index contributed by atoms with van der Waals surface area (Å²) in [6.45, 7) is 1.42. The minimum Gasteiger partial charge on any atom is -0.401 e. The average molecular weight is 337 g/mol. The van der Waals surface area contributed by atoms with E-state index in [1.165, 1.54) is 30.0 Å². The van der Waals surface area contributed by atoms with Crippen molar-refractivity contribution < 1.29 is 14.5 Å². The van der Waals surface area contributed by atoms with Crippen LogP contribution in [0.5, 0.6) is 0 Å². The maximum absolute atomic E-state index is 12.6. The van der Waals surface area contributed by atoms with Crippen molar-refractivity contribution >= 4 is 23.2 Å². The monoisotopic (exact) mass is 337 g/mol. The van der Waals surface area contributed by atoms with Gasteiger partial charge in [-0.3, -0.25) is 14.9 Å². The van der Waals surface area contributed by atoms with Crippen molar-refractivity contribution in [3.05, 3.63) is 50.5 Å². The number of allylic oxidation sites excluding steroid dienone is 1. The third-order valence-corrected chi connectivity index (χ3v) is 4.71. The molecule has 0 amide bonds. The number of carbonyl (C=O) groups excluding carboxylic acids is 1. The van der Waals surface area contributed by atoms with E-state index in [2.05, 4.69) is 5.32 Å². The normalized spacial score (nSPS) is 17.5. The van der Waals surface area contributed by atoms with Crippen LogP contribution in [0, 0.1) is 10.1 Å². The van der Waals surface area contributed by atoms with Gasteiger partial charge < -0.3 is 15.8 Å². The first kappa shape index (κ1) is 17.5. The van der Waals surface area contributed by atoms with Gasteiger partial charge in [-0.2, -0.15) is 0 Å². The summed E-state index contributed by atoms with van der Waals surface area (Å²) in [5.74, 6) is -0.388. The zero-order valence-corrected chi connectivity index (χ0v) is 13.6. The molecule has 1 aromatic carbocycles. The van der Waals surface area contributed by atoms with Crippen LogP contribution >= 0.6 is 11.8 Å². The van der Waals surface area contributed by atoms with Crippen molar-refractivity contribution in [1.82, 2.24) is 5.32 Å². The van der Waals surface area contributed by atoms with Gasteiger partial charge in [0.1, 0.15) is 5.56 Å². The molecule has 124 valence electrons. The molecule has 0 bridgehead atoms. The maximum Gasteiger partial charge on any atom is 0.280 e. The second-order valence-corrected chi connectivity index (χ2v) is 6.28. The van der Waals surface area contributed by atoms with E-state index in [9.17, 15) is 14.9 Å². The highest BCUT2D eigenvalue weighted by Gasteiger charge is 2.31. The number of hydrogen-bond donors (Lipinski definition) is 2. The number of benzene rings is 1. The Labute approximate surface area is 138 Å². The number of para-hydroxylation sites is 1. The van der Waals surface area contributed by atoms with E-state index in [0.29, 0.717) is 23.6 Å². The number of rotatable bonds is 8. The zero-order valence-electron chi connectivity index (χ0n) is 12.8. The SMILES string of the molecule is COCCCNC1CC(N)=C(C(=O)c2ccccc2[N+](=O)[O-])S1. The number of hydrogen-bond acceptors (Lipinski definition) is 7. The van der Waals surface area contributed by atoms with E-state index in [-0.39, 0.29) is 22.4 Å². The van der Waals surface area contributed by atoms with E-state index in [0.717, 1.165) is 13.0 Å². The largest absolute Gasteiger partial charge is 0.401 e. The Kier molecular flexibility index (Phi) is 6.14. The summed E-state index contributed by atoms with van der Waals surface area (Å²) in [5.41, 5.74) is 6.32. The van der Waals surface area contributed by atoms with Gasteiger partial charge in [0.05, 0.1) is 15.2 Å². The number of ether oxygens (including phenoxy) is 1. The lowest BCUT2D eigenvalue weighted by molar-refractivity contribution is -0.385. The fourth-order valence-electron chi connectivity index (χ4n) is 2.29. The minimum atomic E-state index is -0.552. The molecule has 23 heavy (non-hydrogen) atoms. The Hall–Kier alpha value is -1.90. The average Bonchev–Trinajstić information content (AvgIpc) is 2.91. The quantitative estimate of drug-likeness (QED) is 0.323. The Morgan fingerprint density at radius 2 is 2.26 bits per heavy atom.